The Balaban J connectivity index is 2.47. The van der Waals surface area contributed by atoms with Gasteiger partial charge in [-0.25, -0.2) is 0 Å². The molecule has 1 amide bonds. The van der Waals surface area contributed by atoms with Crippen molar-refractivity contribution >= 4 is 11.7 Å². The molecule has 1 aromatic rings. The lowest BCUT2D eigenvalue weighted by Gasteiger charge is -2.27. The second kappa shape index (κ2) is 8.88. The van der Waals surface area contributed by atoms with Gasteiger partial charge in [-0.05, 0) is 30.5 Å². The van der Waals surface area contributed by atoms with Crippen LogP contribution in [0.15, 0.2) is 35.6 Å². The van der Waals surface area contributed by atoms with Crippen LogP contribution >= 0.6 is 0 Å². The maximum atomic E-state index is 12.7. The van der Waals surface area contributed by atoms with E-state index in [0.717, 1.165) is 24.8 Å². The van der Waals surface area contributed by atoms with Crippen molar-refractivity contribution in [3.63, 3.8) is 0 Å². The lowest BCUT2D eigenvalue weighted by Crippen LogP contribution is -2.32. The molecule has 1 aromatic carbocycles. The van der Waals surface area contributed by atoms with Gasteiger partial charge in [-0.2, -0.15) is 0 Å². The second-order valence-corrected chi connectivity index (χ2v) is 6.96. The summed E-state index contributed by atoms with van der Waals surface area (Å²) in [7, 11) is 0. The molecule has 26 heavy (non-hydrogen) atoms. The van der Waals surface area contributed by atoms with Crippen LogP contribution in [0.25, 0.3) is 0 Å². The predicted octanol–water partition coefficient (Wildman–Crippen LogP) is 4.20. The minimum atomic E-state index is -0.561. The van der Waals surface area contributed by atoms with Crippen molar-refractivity contribution in [2.75, 3.05) is 13.2 Å². The number of benzene rings is 1. The Morgan fingerprint density at radius 1 is 1.27 bits per heavy atom. The summed E-state index contributed by atoms with van der Waals surface area (Å²) in [6.07, 6.45) is 2.63. The highest BCUT2D eigenvalue weighted by atomic mass is 16.5. The maximum absolute atomic E-state index is 12.7. The van der Waals surface area contributed by atoms with E-state index in [9.17, 15) is 14.7 Å². The van der Waals surface area contributed by atoms with Crippen LogP contribution in [0, 0.1) is 5.92 Å². The van der Waals surface area contributed by atoms with Gasteiger partial charge < -0.3 is 14.7 Å². The molecular formula is C21H29NO4. The summed E-state index contributed by atoms with van der Waals surface area (Å²) in [5, 5.41) is 10.4. The smallest absolute Gasteiger partial charge is 0.290 e. The number of ether oxygens (including phenoxy) is 1. The van der Waals surface area contributed by atoms with Gasteiger partial charge in [0.2, 0.25) is 0 Å². The average molecular weight is 359 g/mol. The minimum Gasteiger partial charge on any atom is -0.503 e. The van der Waals surface area contributed by atoms with E-state index in [-0.39, 0.29) is 17.3 Å². The average Bonchev–Trinajstić information content (AvgIpc) is 2.88. The lowest BCUT2D eigenvalue weighted by atomic mass is 9.91. The number of amides is 1. The normalized spacial score (nSPS) is 17.3. The van der Waals surface area contributed by atoms with Crippen molar-refractivity contribution in [3.05, 3.63) is 41.2 Å². The Kier molecular flexibility index (Phi) is 6.83. The number of hydrogen-bond donors (Lipinski definition) is 1. The molecule has 5 nitrogen and oxygen atoms in total. The number of aliphatic hydroxyl groups is 1. The third-order valence-electron chi connectivity index (χ3n) is 4.49. The Bertz CT molecular complexity index is 693. The zero-order valence-electron chi connectivity index (χ0n) is 16.1. The van der Waals surface area contributed by atoms with Crippen LogP contribution < -0.4 is 4.74 Å². The fourth-order valence-electron chi connectivity index (χ4n) is 3.12. The van der Waals surface area contributed by atoms with E-state index < -0.39 is 17.7 Å². The van der Waals surface area contributed by atoms with E-state index >= 15 is 0 Å². The molecule has 1 N–H and O–H groups in total. The monoisotopic (exact) mass is 359 g/mol. The third-order valence-corrected chi connectivity index (χ3v) is 4.49. The summed E-state index contributed by atoms with van der Waals surface area (Å²) >= 11 is 0. The first-order valence-electron chi connectivity index (χ1n) is 9.43. The van der Waals surface area contributed by atoms with E-state index in [1.54, 1.807) is 18.7 Å². The molecule has 0 saturated carbocycles. The maximum Gasteiger partial charge on any atom is 0.290 e. The molecule has 0 radical (unpaired) electrons. The standard InChI is InChI=1S/C21H29NO4/c1-5-7-11-22-18(15-9-8-10-16(13-15)26-12-6-2)17(19(23)14(3)4)20(24)21(22)25/h8-10,13-14,18,24H,5-7,11-12H2,1-4H3. The molecule has 1 aliphatic heterocycles. The summed E-state index contributed by atoms with van der Waals surface area (Å²) in [4.78, 5) is 27.0. The highest BCUT2D eigenvalue weighted by Crippen LogP contribution is 2.39. The first-order valence-corrected chi connectivity index (χ1v) is 9.43. The van der Waals surface area contributed by atoms with Gasteiger partial charge in [0.15, 0.2) is 11.5 Å². The molecule has 0 saturated heterocycles. The number of unbranched alkanes of at least 4 members (excludes halogenated alkanes) is 1. The molecule has 1 aliphatic rings. The van der Waals surface area contributed by atoms with E-state index in [1.807, 2.05) is 38.1 Å². The fourth-order valence-corrected chi connectivity index (χ4v) is 3.12. The number of rotatable bonds is 9. The molecule has 142 valence electrons. The van der Waals surface area contributed by atoms with Crippen molar-refractivity contribution in [2.45, 2.75) is 53.0 Å². The van der Waals surface area contributed by atoms with Gasteiger partial charge in [-0.3, -0.25) is 9.59 Å². The molecule has 0 aliphatic carbocycles. The van der Waals surface area contributed by atoms with Gasteiger partial charge >= 0.3 is 0 Å². The second-order valence-electron chi connectivity index (χ2n) is 6.96. The molecule has 0 bridgehead atoms. The van der Waals surface area contributed by atoms with Gasteiger partial charge in [0.05, 0.1) is 18.2 Å². The van der Waals surface area contributed by atoms with Crippen LogP contribution in [0.3, 0.4) is 0 Å². The van der Waals surface area contributed by atoms with E-state index in [0.29, 0.717) is 18.9 Å². The SMILES string of the molecule is CCCCN1C(=O)C(O)=C(C(=O)C(C)C)C1c1cccc(OCCC)c1. The number of nitrogens with zero attached hydrogens (tertiary/aromatic N) is 1. The van der Waals surface area contributed by atoms with Crippen LogP contribution in [0.2, 0.25) is 0 Å². The van der Waals surface area contributed by atoms with Crippen LogP contribution in [0.5, 0.6) is 5.75 Å². The topological polar surface area (TPSA) is 66.8 Å². The number of Topliss-reactive ketones (excluding diaryl/α,β-unsaturated/α-hetero) is 1. The summed E-state index contributed by atoms with van der Waals surface area (Å²) in [5.41, 5.74) is 0.991. The largest absolute Gasteiger partial charge is 0.503 e. The number of carbonyl (C=O) groups is 2. The number of ketones is 1. The van der Waals surface area contributed by atoms with Crippen molar-refractivity contribution in [3.8, 4) is 5.75 Å². The van der Waals surface area contributed by atoms with Crippen molar-refractivity contribution < 1.29 is 19.4 Å². The highest BCUT2D eigenvalue weighted by Gasteiger charge is 2.43. The Morgan fingerprint density at radius 2 is 2.00 bits per heavy atom. The highest BCUT2D eigenvalue weighted by molar-refractivity contribution is 6.09. The van der Waals surface area contributed by atoms with Crippen molar-refractivity contribution in [1.82, 2.24) is 4.90 Å². The lowest BCUT2D eigenvalue weighted by molar-refractivity contribution is -0.129. The van der Waals surface area contributed by atoms with E-state index in [4.69, 9.17) is 4.74 Å². The molecule has 2 rings (SSSR count). The minimum absolute atomic E-state index is 0.195. The number of hydrogen-bond acceptors (Lipinski definition) is 4. The van der Waals surface area contributed by atoms with Gasteiger partial charge in [0.1, 0.15) is 5.75 Å². The van der Waals surface area contributed by atoms with Gasteiger partial charge in [0.25, 0.3) is 5.91 Å². The third kappa shape index (κ3) is 4.09. The van der Waals surface area contributed by atoms with Crippen LogP contribution in [0.1, 0.15) is 58.6 Å². The predicted molar refractivity (Wildman–Crippen MR) is 101 cm³/mol. The van der Waals surface area contributed by atoms with Crippen molar-refractivity contribution in [2.24, 2.45) is 5.92 Å². The Labute approximate surface area is 155 Å². The molecule has 0 spiro atoms. The van der Waals surface area contributed by atoms with E-state index in [1.165, 1.54) is 0 Å². The quantitative estimate of drug-likeness (QED) is 0.718. The molecular weight excluding hydrogens is 330 g/mol. The summed E-state index contributed by atoms with van der Waals surface area (Å²) in [5.74, 6) is -0.667. The molecule has 0 fully saturated rings. The Morgan fingerprint density at radius 3 is 2.62 bits per heavy atom. The van der Waals surface area contributed by atoms with Gasteiger partial charge in [-0.1, -0.05) is 46.2 Å². The van der Waals surface area contributed by atoms with Crippen LogP contribution in [0.4, 0.5) is 0 Å². The summed E-state index contributed by atoms with van der Waals surface area (Å²) < 4.78 is 5.70. The molecule has 1 heterocycles. The summed E-state index contributed by atoms with van der Waals surface area (Å²) in [6, 6.07) is 6.89. The molecule has 5 heteroatoms. The number of aliphatic hydroxyl groups excluding tert-OH is 1. The van der Waals surface area contributed by atoms with Crippen LogP contribution in [-0.4, -0.2) is 34.8 Å². The van der Waals surface area contributed by atoms with Gasteiger partial charge in [0, 0.05) is 12.5 Å². The zero-order chi connectivity index (χ0) is 19.3. The van der Waals surface area contributed by atoms with Crippen molar-refractivity contribution in [1.29, 1.82) is 0 Å². The fraction of sp³-hybridized carbons (Fsp3) is 0.524. The van der Waals surface area contributed by atoms with Gasteiger partial charge in [-0.15, -0.1) is 0 Å². The number of carbonyl (C=O) groups excluding carboxylic acids is 2. The zero-order valence-corrected chi connectivity index (χ0v) is 16.1. The molecule has 1 atom stereocenters. The molecule has 1 unspecified atom stereocenters. The van der Waals surface area contributed by atoms with E-state index in [2.05, 4.69) is 0 Å². The van der Waals surface area contributed by atoms with Crippen LogP contribution in [-0.2, 0) is 9.59 Å². The first-order chi connectivity index (χ1) is 12.4. The first kappa shape index (κ1) is 20.0. The summed E-state index contributed by atoms with van der Waals surface area (Å²) in [6.45, 7) is 8.73. The Hall–Kier alpha value is -2.30. The molecule has 0 aromatic heterocycles.